The molecule has 1 rings (SSSR count). The summed E-state index contributed by atoms with van der Waals surface area (Å²) in [5.41, 5.74) is -0.0190. The van der Waals surface area contributed by atoms with Gasteiger partial charge < -0.3 is 4.90 Å². The molecular weight excluding hydrogens is 270 g/mol. The Kier molecular flexibility index (Phi) is 4.62. The molecule has 1 aromatic rings. The van der Waals surface area contributed by atoms with Crippen molar-refractivity contribution in [3.8, 4) is 6.07 Å². The van der Waals surface area contributed by atoms with E-state index in [1.54, 1.807) is 6.07 Å². The predicted molar refractivity (Wildman–Crippen MR) is 70.4 cm³/mol. The molecule has 0 saturated heterocycles. The molecule has 0 N–H and O–H groups in total. The van der Waals surface area contributed by atoms with Crippen LogP contribution in [0.3, 0.4) is 0 Å². The second kappa shape index (κ2) is 5.98. The molecule has 0 aliphatic rings. The third kappa shape index (κ3) is 3.53. The molecule has 6 nitrogen and oxygen atoms in total. The van der Waals surface area contributed by atoms with Gasteiger partial charge in [0.15, 0.2) is 0 Å². The summed E-state index contributed by atoms with van der Waals surface area (Å²) in [6.07, 6.45) is 1.28. The van der Waals surface area contributed by atoms with Crippen LogP contribution in [0.2, 0.25) is 5.02 Å². The van der Waals surface area contributed by atoms with Gasteiger partial charge in [0.1, 0.15) is 16.7 Å². The Hall–Kier alpha value is -2.39. The van der Waals surface area contributed by atoms with Crippen molar-refractivity contribution in [3.63, 3.8) is 0 Å². The lowest BCUT2D eigenvalue weighted by molar-refractivity contribution is -0.384. The number of halogens is 1. The smallest absolute Gasteiger partial charge is 0.288 e. The zero-order chi connectivity index (χ0) is 14.6. The topological polar surface area (TPSA) is 87.2 Å². The Morgan fingerprint density at radius 2 is 2.16 bits per heavy atom. The minimum atomic E-state index is -0.626. The number of nitro benzene ring substituents is 1. The number of hydrogen-bond donors (Lipinski definition) is 0. The van der Waals surface area contributed by atoms with Gasteiger partial charge in [-0.2, -0.15) is 5.26 Å². The number of likely N-dealkylation sites (N-methyl/N-ethyl adjacent to an activating group) is 1. The van der Waals surface area contributed by atoms with Crippen LogP contribution in [-0.2, 0) is 4.79 Å². The molecule has 1 amide bonds. The van der Waals surface area contributed by atoms with Crippen LogP contribution in [-0.4, -0.2) is 29.8 Å². The predicted octanol–water partition coefficient (Wildman–Crippen LogP) is 2.24. The van der Waals surface area contributed by atoms with Gasteiger partial charge in [-0.15, -0.1) is 0 Å². The number of carbonyl (C=O) groups is 1. The summed E-state index contributed by atoms with van der Waals surface area (Å²) in [5, 5.41) is 19.6. The van der Waals surface area contributed by atoms with E-state index < -0.39 is 10.8 Å². The highest BCUT2D eigenvalue weighted by Gasteiger charge is 2.14. The van der Waals surface area contributed by atoms with E-state index >= 15 is 0 Å². The van der Waals surface area contributed by atoms with E-state index in [0.717, 1.165) is 0 Å². The highest BCUT2D eigenvalue weighted by Crippen LogP contribution is 2.26. The number of amides is 1. The molecule has 0 saturated carbocycles. The zero-order valence-corrected chi connectivity index (χ0v) is 11.0. The van der Waals surface area contributed by atoms with Crippen LogP contribution in [0.1, 0.15) is 5.56 Å². The fraction of sp³-hybridized carbons (Fsp3) is 0.167. The maximum absolute atomic E-state index is 11.6. The lowest BCUT2D eigenvalue weighted by Gasteiger charge is -2.08. The first-order chi connectivity index (χ1) is 8.86. The minimum absolute atomic E-state index is 0.000376. The van der Waals surface area contributed by atoms with Crippen LogP contribution in [0.15, 0.2) is 23.8 Å². The Morgan fingerprint density at radius 3 is 2.63 bits per heavy atom. The van der Waals surface area contributed by atoms with E-state index in [2.05, 4.69) is 0 Å². The monoisotopic (exact) mass is 279 g/mol. The van der Waals surface area contributed by atoms with Gasteiger partial charge in [-0.05, 0) is 17.7 Å². The van der Waals surface area contributed by atoms with E-state index in [9.17, 15) is 14.9 Å². The standard InChI is InChI=1S/C12H10ClN3O3/c1-15(2)12(17)9(7-14)5-8-3-4-10(13)11(6-8)16(18)19/h3-6H,1-2H3. The van der Waals surface area contributed by atoms with Gasteiger partial charge in [0.25, 0.3) is 11.6 Å². The zero-order valence-electron chi connectivity index (χ0n) is 10.3. The van der Waals surface area contributed by atoms with Crippen LogP contribution >= 0.6 is 11.6 Å². The van der Waals surface area contributed by atoms with Gasteiger partial charge in [0, 0.05) is 20.2 Å². The van der Waals surface area contributed by atoms with Crippen molar-refractivity contribution < 1.29 is 9.72 Å². The molecule has 0 fully saturated rings. The number of carbonyl (C=O) groups excluding carboxylic acids is 1. The Morgan fingerprint density at radius 1 is 1.53 bits per heavy atom. The molecule has 0 radical (unpaired) electrons. The number of nitrogens with zero attached hydrogens (tertiary/aromatic N) is 3. The number of benzene rings is 1. The van der Waals surface area contributed by atoms with Gasteiger partial charge in [-0.1, -0.05) is 17.7 Å². The molecule has 0 aliphatic carbocycles. The summed E-state index contributed by atoms with van der Waals surface area (Å²) in [6, 6.07) is 5.82. The summed E-state index contributed by atoms with van der Waals surface area (Å²) < 4.78 is 0. The normalized spacial score (nSPS) is 10.7. The lowest BCUT2D eigenvalue weighted by atomic mass is 10.1. The van der Waals surface area contributed by atoms with Crippen LogP contribution in [0.4, 0.5) is 5.69 Å². The van der Waals surface area contributed by atoms with Crippen LogP contribution < -0.4 is 0 Å². The summed E-state index contributed by atoms with van der Waals surface area (Å²) >= 11 is 5.67. The Bertz CT molecular complexity index is 603. The van der Waals surface area contributed by atoms with Crippen molar-refractivity contribution in [2.75, 3.05) is 14.1 Å². The van der Waals surface area contributed by atoms with Gasteiger partial charge >= 0.3 is 0 Å². The molecule has 19 heavy (non-hydrogen) atoms. The van der Waals surface area contributed by atoms with Crippen LogP contribution in [0, 0.1) is 21.4 Å². The third-order valence-corrected chi connectivity index (χ3v) is 2.55. The SMILES string of the molecule is CN(C)C(=O)C(C#N)=Cc1ccc(Cl)c([N+](=O)[O-])c1. The quantitative estimate of drug-likeness (QED) is 0.367. The molecule has 0 spiro atoms. The number of nitriles is 1. The molecule has 0 unspecified atom stereocenters. The first-order valence-corrected chi connectivity index (χ1v) is 5.52. The van der Waals surface area contributed by atoms with E-state index in [4.69, 9.17) is 16.9 Å². The van der Waals surface area contributed by atoms with Gasteiger partial charge in [0.2, 0.25) is 0 Å². The Labute approximate surface area is 114 Å². The van der Waals surface area contributed by atoms with E-state index in [1.165, 1.54) is 43.3 Å². The number of nitro groups is 1. The summed E-state index contributed by atoms with van der Waals surface area (Å²) in [5.74, 6) is -0.472. The maximum Gasteiger partial charge on any atom is 0.288 e. The maximum atomic E-state index is 11.6. The first kappa shape index (κ1) is 14.7. The molecule has 0 bridgehead atoms. The van der Waals surface area contributed by atoms with Crippen LogP contribution in [0.25, 0.3) is 6.08 Å². The van der Waals surface area contributed by atoms with Crippen LogP contribution in [0.5, 0.6) is 0 Å². The minimum Gasteiger partial charge on any atom is -0.344 e. The summed E-state index contributed by atoms with van der Waals surface area (Å²) in [4.78, 5) is 23.0. The van der Waals surface area contributed by atoms with Crippen molar-refractivity contribution in [2.24, 2.45) is 0 Å². The molecule has 98 valence electrons. The van der Waals surface area contributed by atoms with E-state index in [0.29, 0.717) is 5.56 Å². The summed E-state index contributed by atoms with van der Waals surface area (Å²) in [6.45, 7) is 0. The molecule has 0 aliphatic heterocycles. The highest BCUT2D eigenvalue weighted by molar-refractivity contribution is 6.32. The van der Waals surface area contributed by atoms with Gasteiger partial charge in [0.05, 0.1) is 4.92 Å². The molecule has 0 aromatic heterocycles. The Balaban J connectivity index is 3.24. The average Bonchev–Trinajstić information content (AvgIpc) is 2.36. The molecule has 0 heterocycles. The van der Waals surface area contributed by atoms with Crippen molar-refractivity contribution in [2.45, 2.75) is 0 Å². The first-order valence-electron chi connectivity index (χ1n) is 5.14. The van der Waals surface area contributed by atoms with Crippen molar-refractivity contribution in [1.29, 1.82) is 5.26 Å². The molecule has 7 heteroatoms. The van der Waals surface area contributed by atoms with E-state index in [1.807, 2.05) is 0 Å². The molecule has 1 aromatic carbocycles. The van der Waals surface area contributed by atoms with Crippen molar-refractivity contribution in [1.82, 2.24) is 4.90 Å². The number of rotatable bonds is 3. The average molecular weight is 280 g/mol. The highest BCUT2D eigenvalue weighted by atomic mass is 35.5. The second-order valence-electron chi connectivity index (χ2n) is 3.84. The number of hydrogen-bond acceptors (Lipinski definition) is 4. The van der Waals surface area contributed by atoms with E-state index in [-0.39, 0.29) is 16.3 Å². The largest absolute Gasteiger partial charge is 0.344 e. The summed E-state index contributed by atoms with van der Waals surface area (Å²) in [7, 11) is 3.02. The fourth-order valence-electron chi connectivity index (χ4n) is 1.31. The van der Waals surface area contributed by atoms with Crippen molar-refractivity contribution >= 4 is 29.3 Å². The second-order valence-corrected chi connectivity index (χ2v) is 4.24. The van der Waals surface area contributed by atoms with Gasteiger partial charge in [-0.3, -0.25) is 14.9 Å². The lowest BCUT2D eigenvalue weighted by Crippen LogP contribution is -2.22. The fourth-order valence-corrected chi connectivity index (χ4v) is 1.50. The third-order valence-electron chi connectivity index (χ3n) is 2.23. The molecule has 0 atom stereocenters. The van der Waals surface area contributed by atoms with Gasteiger partial charge in [-0.25, -0.2) is 0 Å². The van der Waals surface area contributed by atoms with Crippen molar-refractivity contribution in [3.05, 3.63) is 44.5 Å². The molecular formula is C12H10ClN3O3.